The Hall–Kier alpha value is -2.94. The maximum atomic E-state index is 12.2. The summed E-state index contributed by atoms with van der Waals surface area (Å²) in [4.78, 5) is 50.0. The predicted molar refractivity (Wildman–Crippen MR) is 105 cm³/mol. The quantitative estimate of drug-likeness (QED) is 0.325. The number of nitrogens with zero attached hydrogens (tertiary/aromatic N) is 3. The molecular formula is C18H22ClN5O4. The molecule has 2 N–H and O–H groups in total. The van der Waals surface area contributed by atoms with E-state index in [-0.39, 0.29) is 12.3 Å². The number of piperazine rings is 1. The van der Waals surface area contributed by atoms with Crippen LogP contribution < -0.4 is 10.7 Å². The molecule has 0 unspecified atom stereocenters. The molecular weight excluding hydrogens is 386 g/mol. The van der Waals surface area contributed by atoms with Gasteiger partial charge in [-0.2, -0.15) is 5.10 Å². The number of carbonyl (C=O) groups excluding carboxylic acids is 4. The molecule has 10 heteroatoms. The van der Waals surface area contributed by atoms with Gasteiger partial charge in [-0.05, 0) is 31.5 Å². The predicted octanol–water partition coefficient (Wildman–Crippen LogP) is 0.770. The maximum absolute atomic E-state index is 12.2. The molecule has 4 amide bonds. The van der Waals surface area contributed by atoms with E-state index in [1.807, 2.05) is 0 Å². The highest BCUT2D eigenvalue weighted by Crippen LogP contribution is 2.22. The molecule has 1 aromatic rings. The van der Waals surface area contributed by atoms with E-state index >= 15 is 0 Å². The molecule has 0 aliphatic carbocycles. The van der Waals surface area contributed by atoms with Crippen molar-refractivity contribution in [2.45, 2.75) is 20.3 Å². The van der Waals surface area contributed by atoms with Crippen molar-refractivity contribution in [3.63, 3.8) is 0 Å². The summed E-state index contributed by atoms with van der Waals surface area (Å²) in [5.41, 5.74) is 3.58. The van der Waals surface area contributed by atoms with Crippen LogP contribution >= 0.6 is 11.6 Å². The number of amides is 4. The van der Waals surface area contributed by atoms with Crippen LogP contribution in [0.1, 0.15) is 18.9 Å². The zero-order valence-corrected chi connectivity index (χ0v) is 16.5. The second-order valence-electron chi connectivity index (χ2n) is 6.35. The van der Waals surface area contributed by atoms with Crippen molar-refractivity contribution < 1.29 is 19.2 Å². The smallest absolute Gasteiger partial charge is 0.329 e. The van der Waals surface area contributed by atoms with E-state index in [0.717, 1.165) is 6.41 Å². The summed E-state index contributed by atoms with van der Waals surface area (Å²) in [6.07, 6.45) is 0.774. The van der Waals surface area contributed by atoms with E-state index in [4.69, 9.17) is 11.6 Å². The van der Waals surface area contributed by atoms with Crippen LogP contribution in [0.3, 0.4) is 0 Å². The van der Waals surface area contributed by atoms with Gasteiger partial charge in [0.05, 0.1) is 6.42 Å². The van der Waals surface area contributed by atoms with Crippen LogP contribution in [0.25, 0.3) is 0 Å². The Morgan fingerprint density at radius 3 is 2.50 bits per heavy atom. The van der Waals surface area contributed by atoms with Crippen molar-refractivity contribution in [2.75, 3.05) is 31.5 Å². The van der Waals surface area contributed by atoms with Gasteiger partial charge in [-0.3, -0.25) is 19.2 Å². The molecule has 1 fully saturated rings. The SMILES string of the molecule is C/C(CC(=O)N1CCN(C=O)CC1)=N\NC(=O)C(=O)Nc1cccc(Cl)c1C. The molecule has 0 radical (unpaired) electrons. The zero-order valence-electron chi connectivity index (χ0n) is 15.7. The fourth-order valence-corrected chi connectivity index (χ4v) is 2.74. The zero-order chi connectivity index (χ0) is 20.7. The summed E-state index contributed by atoms with van der Waals surface area (Å²) >= 11 is 5.98. The van der Waals surface area contributed by atoms with Crippen LogP contribution in [-0.4, -0.2) is 65.8 Å². The fourth-order valence-electron chi connectivity index (χ4n) is 2.57. The third-order valence-electron chi connectivity index (χ3n) is 4.29. The van der Waals surface area contributed by atoms with Crippen LogP contribution in [0.4, 0.5) is 5.69 Å². The fraction of sp³-hybridized carbons (Fsp3) is 0.389. The number of anilines is 1. The normalized spacial score (nSPS) is 14.5. The highest BCUT2D eigenvalue weighted by molar-refractivity contribution is 6.40. The van der Waals surface area contributed by atoms with Gasteiger partial charge in [-0.15, -0.1) is 0 Å². The molecule has 0 bridgehead atoms. The summed E-state index contributed by atoms with van der Waals surface area (Å²) < 4.78 is 0. The van der Waals surface area contributed by atoms with Crippen LogP contribution in [0.5, 0.6) is 0 Å². The van der Waals surface area contributed by atoms with Crippen molar-refractivity contribution in [3.05, 3.63) is 28.8 Å². The molecule has 0 aromatic heterocycles. The van der Waals surface area contributed by atoms with E-state index in [2.05, 4.69) is 15.8 Å². The lowest BCUT2D eigenvalue weighted by Crippen LogP contribution is -2.48. The van der Waals surface area contributed by atoms with Gasteiger partial charge in [0.1, 0.15) is 0 Å². The lowest BCUT2D eigenvalue weighted by molar-refractivity contribution is -0.136. The molecule has 1 aliphatic rings. The third kappa shape index (κ3) is 5.78. The van der Waals surface area contributed by atoms with E-state index in [1.54, 1.807) is 41.8 Å². The average molecular weight is 408 g/mol. The van der Waals surface area contributed by atoms with Gasteiger partial charge >= 0.3 is 11.8 Å². The summed E-state index contributed by atoms with van der Waals surface area (Å²) in [5, 5.41) is 6.74. The van der Waals surface area contributed by atoms with Crippen LogP contribution in [0.2, 0.25) is 5.02 Å². The molecule has 150 valence electrons. The largest absolute Gasteiger partial charge is 0.342 e. The Bertz CT molecular complexity index is 803. The van der Waals surface area contributed by atoms with Crippen molar-refractivity contribution in [3.8, 4) is 0 Å². The van der Waals surface area contributed by atoms with Gasteiger partial charge in [0.2, 0.25) is 12.3 Å². The summed E-state index contributed by atoms with van der Waals surface area (Å²) in [7, 11) is 0. The second kappa shape index (κ2) is 9.84. The highest BCUT2D eigenvalue weighted by Gasteiger charge is 2.21. The number of halogens is 1. The van der Waals surface area contributed by atoms with Gasteiger partial charge in [-0.1, -0.05) is 17.7 Å². The van der Waals surface area contributed by atoms with Crippen LogP contribution in [-0.2, 0) is 19.2 Å². The van der Waals surface area contributed by atoms with Gasteiger partial charge in [0, 0.05) is 42.6 Å². The third-order valence-corrected chi connectivity index (χ3v) is 4.70. The maximum Gasteiger partial charge on any atom is 0.329 e. The molecule has 0 atom stereocenters. The van der Waals surface area contributed by atoms with Crippen molar-refractivity contribution in [1.29, 1.82) is 0 Å². The molecule has 0 saturated carbocycles. The summed E-state index contributed by atoms with van der Waals surface area (Å²) in [5.74, 6) is -2.00. The molecule has 1 heterocycles. The Morgan fingerprint density at radius 1 is 1.18 bits per heavy atom. The molecule has 2 rings (SSSR count). The number of rotatable bonds is 5. The van der Waals surface area contributed by atoms with E-state index in [9.17, 15) is 19.2 Å². The minimum atomic E-state index is -0.953. The van der Waals surface area contributed by atoms with E-state index < -0.39 is 11.8 Å². The second-order valence-corrected chi connectivity index (χ2v) is 6.76. The number of nitrogens with one attached hydrogen (secondary N) is 2. The summed E-state index contributed by atoms with van der Waals surface area (Å²) in [6.45, 7) is 5.20. The van der Waals surface area contributed by atoms with Crippen molar-refractivity contribution in [2.24, 2.45) is 5.10 Å². The monoisotopic (exact) mass is 407 g/mol. The van der Waals surface area contributed by atoms with E-state index in [1.165, 1.54) is 0 Å². The Morgan fingerprint density at radius 2 is 1.86 bits per heavy atom. The lowest BCUT2D eigenvalue weighted by atomic mass is 10.2. The number of hydrogen-bond acceptors (Lipinski definition) is 5. The van der Waals surface area contributed by atoms with Crippen molar-refractivity contribution >= 4 is 47.1 Å². The average Bonchev–Trinajstić information content (AvgIpc) is 2.69. The number of benzene rings is 1. The van der Waals surface area contributed by atoms with Crippen LogP contribution in [0.15, 0.2) is 23.3 Å². The molecule has 1 aliphatic heterocycles. The first-order valence-corrected chi connectivity index (χ1v) is 9.06. The summed E-state index contributed by atoms with van der Waals surface area (Å²) in [6, 6.07) is 4.96. The Labute approximate surface area is 167 Å². The van der Waals surface area contributed by atoms with Gasteiger partial charge in [-0.25, -0.2) is 5.43 Å². The number of hydrogen-bond donors (Lipinski definition) is 2. The first kappa shape index (κ1) is 21.4. The number of carbonyl (C=O) groups is 4. The van der Waals surface area contributed by atoms with Gasteiger partial charge in [0.25, 0.3) is 0 Å². The lowest BCUT2D eigenvalue weighted by Gasteiger charge is -2.32. The Kier molecular flexibility index (Phi) is 7.51. The molecule has 9 nitrogen and oxygen atoms in total. The van der Waals surface area contributed by atoms with E-state index in [0.29, 0.717) is 48.2 Å². The van der Waals surface area contributed by atoms with Gasteiger partial charge < -0.3 is 15.1 Å². The first-order valence-electron chi connectivity index (χ1n) is 8.68. The van der Waals surface area contributed by atoms with Gasteiger partial charge in [0.15, 0.2) is 0 Å². The Balaban J connectivity index is 1.83. The first-order chi connectivity index (χ1) is 13.3. The number of hydrazone groups is 1. The molecule has 0 spiro atoms. The molecule has 28 heavy (non-hydrogen) atoms. The highest BCUT2D eigenvalue weighted by atomic mass is 35.5. The van der Waals surface area contributed by atoms with Crippen molar-refractivity contribution in [1.82, 2.24) is 15.2 Å². The topological polar surface area (TPSA) is 111 Å². The van der Waals surface area contributed by atoms with Crippen LogP contribution in [0, 0.1) is 6.92 Å². The molecule has 1 saturated heterocycles. The minimum absolute atomic E-state index is 0.0103. The molecule has 1 aromatic carbocycles. The minimum Gasteiger partial charge on any atom is -0.342 e. The standard InChI is InChI=1S/C18H22ClN5O4/c1-12(10-16(26)24-8-6-23(11-25)7-9-24)21-22-18(28)17(27)20-15-5-3-4-14(19)13(15)2/h3-5,11H,6-10H2,1-2H3,(H,20,27)(H,22,28)/b21-12+.